The van der Waals surface area contributed by atoms with Gasteiger partial charge >= 0.3 is 12.1 Å². The van der Waals surface area contributed by atoms with Crippen molar-refractivity contribution in [3.63, 3.8) is 0 Å². The number of fused-ring (bicyclic) bond motifs is 3. The summed E-state index contributed by atoms with van der Waals surface area (Å²) in [6.07, 6.45) is 1.58. The summed E-state index contributed by atoms with van der Waals surface area (Å²) in [6, 6.07) is 23.0. The lowest BCUT2D eigenvalue weighted by molar-refractivity contribution is -0.137. The van der Waals surface area contributed by atoms with Gasteiger partial charge in [0, 0.05) is 30.1 Å². The number of nitrogens with one attached hydrogen (secondary N) is 2. The second-order valence-electron chi connectivity index (χ2n) is 8.49. The maximum Gasteiger partial charge on any atom is 0.411 e. The average Bonchev–Trinajstić information content (AvgIpc) is 3.18. The second kappa shape index (κ2) is 11.3. The van der Waals surface area contributed by atoms with Crippen LogP contribution in [-0.4, -0.2) is 36.2 Å². The molecule has 1 aliphatic rings. The Kier molecular flexibility index (Phi) is 7.77. The molecule has 3 N–H and O–H groups in total. The molecule has 0 aromatic heterocycles. The van der Waals surface area contributed by atoms with Gasteiger partial charge in [-0.2, -0.15) is 0 Å². The van der Waals surface area contributed by atoms with Crippen LogP contribution in [0.2, 0.25) is 0 Å². The molecule has 0 unspecified atom stereocenters. The molecule has 0 bridgehead atoms. The van der Waals surface area contributed by atoms with Crippen molar-refractivity contribution in [2.24, 2.45) is 0 Å². The first kappa shape index (κ1) is 24.0. The van der Waals surface area contributed by atoms with E-state index >= 15 is 0 Å². The molecule has 0 radical (unpaired) electrons. The number of carbonyl (C=O) groups is 3. The molecule has 180 valence electrons. The first-order chi connectivity index (χ1) is 17.0. The van der Waals surface area contributed by atoms with Crippen molar-refractivity contribution in [2.45, 2.75) is 31.6 Å². The lowest BCUT2D eigenvalue weighted by atomic mass is 9.98. The summed E-state index contributed by atoms with van der Waals surface area (Å²) in [5.41, 5.74) is 5.50. The highest BCUT2D eigenvalue weighted by Crippen LogP contribution is 2.44. The lowest BCUT2D eigenvalue weighted by Crippen LogP contribution is -2.24. The molecule has 7 nitrogen and oxygen atoms in total. The minimum Gasteiger partial charge on any atom is -0.481 e. The van der Waals surface area contributed by atoms with Crippen LogP contribution < -0.4 is 10.6 Å². The molecule has 7 heteroatoms. The molecule has 3 aromatic rings. The predicted octanol–water partition coefficient (Wildman–Crippen LogP) is 5.42. The third-order valence-corrected chi connectivity index (χ3v) is 6.07. The fourth-order valence-corrected chi connectivity index (χ4v) is 4.37. The number of amides is 2. The molecule has 0 spiro atoms. The van der Waals surface area contributed by atoms with E-state index in [1.165, 1.54) is 0 Å². The summed E-state index contributed by atoms with van der Waals surface area (Å²) in [5.74, 6) is -1.09. The van der Waals surface area contributed by atoms with Gasteiger partial charge in [-0.15, -0.1) is 0 Å². The Balaban J connectivity index is 1.29. The molecule has 0 atom stereocenters. The number of hydrogen-bond donors (Lipinski definition) is 3. The van der Waals surface area contributed by atoms with E-state index in [1.54, 1.807) is 24.3 Å². The highest BCUT2D eigenvalue weighted by atomic mass is 16.5. The molecule has 3 aromatic carbocycles. The molecule has 0 heterocycles. The molecule has 1 aliphatic carbocycles. The largest absolute Gasteiger partial charge is 0.481 e. The monoisotopic (exact) mass is 472 g/mol. The van der Waals surface area contributed by atoms with Crippen molar-refractivity contribution in [3.05, 3.63) is 89.5 Å². The zero-order valence-corrected chi connectivity index (χ0v) is 19.3. The van der Waals surface area contributed by atoms with Gasteiger partial charge in [0.25, 0.3) is 5.91 Å². The number of ether oxygens (including phenoxy) is 1. The summed E-state index contributed by atoms with van der Waals surface area (Å²) in [7, 11) is 0. The molecular weight excluding hydrogens is 444 g/mol. The highest BCUT2D eigenvalue weighted by molar-refractivity contribution is 5.96. The zero-order valence-electron chi connectivity index (χ0n) is 19.3. The van der Waals surface area contributed by atoms with Gasteiger partial charge in [-0.1, -0.05) is 61.0 Å². The van der Waals surface area contributed by atoms with E-state index in [1.807, 2.05) is 24.3 Å². The van der Waals surface area contributed by atoms with Gasteiger partial charge < -0.3 is 15.2 Å². The maximum atomic E-state index is 12.5. The maximum absolute atomic E-state index is 12.5. The number of carboxylic acids is 1. The smallest absolute Gasteiger partial charge is 0.411 e. The van der Waals surface area contributed by atoms with Crippen LogP contribution >= 0.6 is 0 Å². The number of hydrogen-bond acceptors (Lipinski definition) is 4. The Labute approximate surface area is 204 Å². The van der Waals surface area contributed by atoms with Gasteiger partial charge in [0.2, 0.25) is 0 Å². The predicted molar refractivity (Wildman–Crippen MR) is 134 cm³/mol. The summed E-state index contributed by atoms with van der Waals surface area (Å²) in [4.78, 5) is 35.5. The van der Waals surface area contributed by atoms with Gasteiger partial charge in [-0.25, -0.2) is 4.79 Å². The Morgan fingerprint density at radius 1 is 0.829 bits per heavy atom. The minimum atomic E-state index is -0.810. The SMILES string of the molecule is O=C(O)CCCCCNC(=O)c1cccc(NC(=O)OCC2c3ccccc3-c3ccccc32)c1. The van der Waals surface area contributed by atoms with Crippen LogP contribution in [-0.2, 0) is 9.53 Å². The van der Waals surface area contributed by atoms with Crippen molar-refractivity contribution in [1.82, 2.24) is 5.32 Å². The van der Waals surface area contributed by atoms with Crippen LogP contribution in [0.25, 0.3) is 11.1 Å². The summed E-state index contributed by atoms with van der Waals surface area (Å²) >= 11 is 0. The molecule has 0 fully saturated rings. The first-order valence-corrected chi connectivity index (χ1v) is 11.7. The number of carbonyl (C=O) groups excluding carboxylic acids is 2. The van der Waals surface area contributed by atoms with E-state index in [-0.39, 0.29) is 24.9 Å². The van der Waals surface area contributed by atoms with E-state index < -0.39 is 12.1 Å². The standard InChI is InChI=1S/C28H28N2O5/c31-26(32)15-2-1-7-16-29-27(33)19-9-8-10-20(17-19)30-28(34)35-18-25-23-13-5-3-11-21(23)22-12-4-6-14-24(22)25/h3-6,8-14,17,25H,1-2,7,15-16,18H2,(H,29,33)(H,30,34)(H,31,32). The fraction of sp³-hybridized carbons (Fsp3) is 0.250. The van der Waals surface area contributed by atoms with Crippen LogP contribution in [0.3, 0.4) is 0 Å². The normalized spacial score (nSPS) is 11.9. The van der Waals surface area contributed by atoms with Gasteiger partial charge in [0.15, 0.2) is 0 Å². The van der Waals surface area contributed by atoms with Gasteiger partial charge in [0.05, 0.1) is 0 Å². The van der Waals surface area contributed by atoms with Crippen molar-refractivity contribution < 1.29 is 24.2 Å². The lowest BCUT2D eigenvalue weighted by Gasteiger charge is -2.15. The summed E-state index contributed by atoms with van der Waals surface area (Å²) < 4.78 is 5.57. The molecular formula is C28H28N2O5. The number of anilines is 1. The number of carboxylic acid groups (broad SMARTS) is 1. The summed E-state index contributed by atoms with van der Waals surface area (Å²) in [6.45, 7) is 0.671. The Hall–Kier alpha value is -4.13. The van der Waals surface area contributed by atoms with E-state index in [0.717, 1.165) is 28.7 Å². The Morgan fingerprint density at radius 2 is 1.51 bits per heavy atom. The number of unbranched alkanes of at least 4 members (excludes halogenated alkanes) is 2. The zero-order chi connectivity index (χ0) is 24.6. The second-order valence-corrected chi connectivity index (χ2v) is 8.49. The quantitative estimate of drug-likeness (QED) is 0.342. The van der Waals surface area contributed by atoms with Crippen molar-refractivity contribution in [1.29, 1.82) is 0 Å². The molecule has 0 saturated carbocycles. The first-order valence-electron chi connectivity index (χ1n) is 11.7. The topological polar surface area (TPSA) is 105 Å². The third-order valence-electron chi connectivity index (χ3n) is 6.07. The van der Waals surface area contributed by atoms with Crippen molar-refractivity contribution in [3.8, 4) is 11.1 Å². The Bertz CT molecular complexity index is 1180. The number of benzene rings is 3. The van der Waals surface area contributed by atoms with E-state index in [0.29, 0.717) is 30.6 Å². The van der Waals surface area contributed by atoms with Crippen LogP contribution in [0, 0.1) is 0 Å². The third kappa shape index (κ3) is 6.06. The highest BCUT2D eigenvalue weighted by Gasteiger charge is 2.29. The van der Waals surface area contributed by atoms with Crippen LogP contribution in [0.5, 0.6) is 0 Å². The number of aliphatic carboxylic acids is 1. The molecule has 2 amide bonds. The van der Waals surface area contributed by atoms with Crippen LogP contribution in [0.4, 0.5) is 10.5 Å². The van der Waals surface area contributed by atoms with Gasteiger partial charge in [0.1, 0.15) is 6.61 Å². The van der Waals surface area contributed by atoms with Gasteiger partial charge in [-0.3, -0.25) is 14.9 Å². The minimum absolute atomic E-state index is 0.0271. The number of rotatable bonds is 10. The van der Waals surface area contributed by atoms with Crippen molar-refractivity contribution >= 4 is 23.7 Å². The average molecular weight is 473 g/mol. The Morgan fingerprint density at radius 3 is 2.20 bits per heavy atom. The molecule has 4 rings (SSSR count). The summed E-state index contributed by atoms with van der Waals surface area (Å²) in [5, 5.41) is 14.2. The van der Waals surface area contributed by atoms with E-state index in [4.69, 9.17) is 9.84 Å². The van der Waals surface area contributed by atoms with Gasteiger partial charge in [-0.05, 0) is 53.3 Å². The van der Waals surface area contributed by atoms with Crippen LogP contribution in [0.15, 0.2) is 72.8 Å². The molecule has 35 heavy (non-hydrogen) atoms. The van der Waals surface area contributed by atoms with E-state index in [9.17, 15) is 14.4 Å². The van der Waals surface area contributed by atoms with E-state index in [2.05, 4.69) is 34.9 Å². The van der Waals surface area contributed by atoms with Crippen LogP contribution in [0.1, 0.15) is 53.1 Å². The fourth-order valence-electron chi connectivity index (χ4n) is 4.37. The molecule has 0 saturated heterocycles. The molecule has 0 aliphatic heterocycles. The van der Waals surface area contributed by atoms with Crippen molar-refractivity contribution in [2.75, 3.05) is 18.5 Å².